The van der Waals surface area contributed by atoms with Crippen molar-refractivity contribution >= 4 is 30.7 Å². The molecule has 0 spiro atoms. The quantitative estimate of drug-likeness (QED) is 0.319. The van der Waals surface area contributed by atoms with Gasteiger partial charge in [0.2, 0.25) is 0 Å². The fourth-order valence-electron chi connectivity index (χ4n) is 0.465. The monoisotopic (exact) mass is 441 g/mol. The molecule has 0 aromatic heterocycles. The first-order valence-corrected chi connectivity index (χ1v) is 8.30. The smallest absolute Gasteiger partial charge is 0.693 e. The van der Waals surface area contributed by atoms with E-state index in [2.05, 4.69) is 5.32 Å². The van der Waals surface area contributed by atoms with Crippen molar-refractivity contribution in [2.75, 3.05) is 0 Å². The number of hydrogen-bond acceptors (Lipinski definition) is 5. The van der Waals surface area contributed by atoms with Gasteiger partial charge in [-0.2, -0.15) is 0 Å². The summed E-state index contributed by atoms with van der Waals surface area (Å²) in [7, 11) is 9.75. The third-order valence-electron chi connectivity index (χ3n) is 0.802. The summed E-state index contributed by atoms with van der Waals surface area (Å²) in [4.78, 5) is 28.1. The number of hydrogen-bond donors (Lipinski definition) is 0. The molecule has 0 aromatic rings. The van der Waals surface area contributed by atoms with Crippen molar-refractivity contribution in [2.24, 2.45) is 5.34 Å². The summed E-state index contributed by atoms with van der Waals surface area (Å²) in [6.45, 7) is 0. The first kappa shape index (κ1) is 24.1. The molecule has 0 aromatic carbocycles. The van der Waals surface area contributed by atoms with Crippen molar-refractivity contribution in [3.63, 3.8) is 0 Å². The number of carbonyl (C=O) groups excluding carboxylic acids is 2. The van der Waals surface area contributed by atoms with Gasteiger partial charge in [-0.05, 0) is 12.8 Å². The van der Waals surface area contributed by atoms with Gasteiger partial charge in [-0.15, -0.1) is 5.34 Å². The van der Waals surface area contributed by atoms with Gasteiger partial charge in [0.15, 0.2) is 0 Å². The Kier molecular flexibility index (Phi) is 31.1. The molecule has 4 N–H and O–H groups in total. The van der Waals surface area contributed by atoms with E-state index in [1.807, 2.05) is 0 Å². The molecule has 96 valence electrons. The Labute approximate surface area is 103 Å². The number of carbonyl (C=O) groups is 2. The van der Waals surface area contributed by atoms with Gasteiger partial charge in [-0.1, -0.05) is 0 Å². The van der Waals surface area contributed by atoms with E-state index >= 15 is 0 Å². The minimum atomic E-state index is -0.472. The van der Waals surface area contributed by atoms with Crippen LogP contribution in [0.2, 0.25) is 0 Å². The Morgan fingerprint density at radius 3 is 1.47 bits per heavy atom. The molecular formula is C4H8Cl2N4O4Pt-4. The SMILES string of the molecule is O=C1CCC(=O)[N-]1.O=N[O-].[Cl][Pt][Cl].[NH2-].[NH2-]. The van der Waals surface area contributed by atoms with E-state index in [0.717, 1.165) is 5.34 Å². The Balaban J connectivity index is -0.0000000665. The zero-order chi connectivity index (χ0) is 10.7. The minimum Gasteiger partial charge on any atom is -0.693 e. The zero-order valence-electron chi connectivity index (χ0n) is 7.17. The van der Waals surface area contributed by atoms with Gasteiger partial charge in [0.25, 0.3) is 0 Å². The van der Waals surface area contributed by atoms with Crippen LogP contribution >= 0.6 is 18.8 Å². The molecule has 11 heteroatoms. The third kappa shape index (κ3) is 24.8. The van der Waals surface area contributed by atoms with Crippen LogP contribution in [0.4, 0.5) is 0 Å². The van der Waals surface area contributed by atoms with Gasteiger partial charge in [0.05, 0.1) is 11.8 Å². The molecule has 8 nitrogen and oxygen atoms in total. The Morgan fingerprint density at radius 1 is 1.20 bits per heavy atom. The predicted octanol–water partition coefficient (Wildman–Crippen LogP) is 3.27. The molecule has 1 heterocycles. The Morgan fingerprint density at radius 2 is 1.40 bits per heavy atom. The summed E-state index contributed by atoms with van der Waals surface area (Å²) in [5.41, 5.74) is 0. The van der Waals surface area contributed by atoms with Crippen molar-refractivity contribution in [2.45, 2.75) is 12.8 Å². The molecule has 0 bridgehead atoms. The molecule has 0 atom stereocenters. The fraction of sp³-hybridized carbons (Fsp3) is 0.500. The van der Waals surface area contributed by atoms with Crippen molar-refractivity contribution in [1.29, 1.82) is 0 Å². The number of imide groups is 1. The third-order valence-corrected chi connectivity index (χ3v) is 0.802. The Hall–Kier alpha value is -0.272. The van der Waals surface area contributed by atoms with Crippen LogP contribution in [0.5, 0.6) is 0 Å². The van der Waals surface area contributed by atoms with Crippen LogP contribution in [-0.4, -0.2) is 11.8 Å². The first-order valence-electron chi connectivity index (χ1n) is 2.67. The maximum Gasteiger partial charge on any atom is -0.693 e. The van der Waals surface area contributed by atoms with Gasteiger partial charge in [-0.3, -0.25) is 0 Å². The molecule has 15 heavy (non-hydrogen) atoms. The van der Waals surface area contributed by atoms with E-state index in [0.29, 0.717) is 12.8 Å². The van der Waals surface area contributed by atoms with Gasteiger partial charge in [0, 0.05) is 0 Å². The first-order chi connectivity index (χ1) is 6.12. The van der Waals surface area contributed by atoms with E-state index in [4.69, 9.17) is 29.0 Å². The van der Waals surface area contributed by atoms with Gasteiger partial charge in [-0.25, -0.2) is 0 Å². The van der Waals surface area contributed by atoms with E-state index in [1.54, 1.807) is 0 Å². The Bertz CT molecular complexity index is 170. The molecule has 0 unspecified atom stereocenters. The minimum absolute atomic E-state index is 0. The summed E-state index contributed by atoms with van der Waals surface area (Å²) in [6, 6.07) is 0. The summed E-state index contributed by atoms with van der Waals surface area (Å²) >= 11 is -0.472. The maximum atomic E-state index is 10.1. The standard InChI is InChI=1S/C4H5NO2.2ClH.HNO2.2H2N.Pt/c6-3-1-2-4(7)5-3;;;2-1-3;;;/h1-2H2,(H,5,6,7);2*1H;(H,2,3);2*1H2;/q;;;;2*-1;+2/p-4. The molecule has 0 saturated carbocycles. The number of amides is 2. The average Bonchev–Trinajstić information content (AvgIpc) is 2.38. The van der Waals surface area contributed by atoms with Crippen molar-refractivity contribution < 1.29 is 26.1 Å². The van der Waals surface area contributed by atoms with Crippen LogP contribution in [0, 0.1) is 10.1 Å². The van der Waals surface area contributed by atoms with E-state index < -0.39 is 16.5 Å². The summed E-state index contributed by atoms with van der Waals surface area (Å²) in [5, 5.41) is 12.1. The number of rotatable bonds is 0. The fourth-order valence-corrected chi connectivity index (χ4v) is 0.465. The molecule has 1 aliphatic rings. The normalized spacial score (nSPS) is 11.6. The van der Waals surface area contributed by atoms with E-state index in [-0.39, 0.29) is 24.1 Å². The van der Waals surface area contributed by atoms with E-state index in [9.17, 15) is 9.59 Å². The van der Waals surface area contributed by atoms with Gasteiger partial charge >= 0.3 is 35.3 Å². The largest absolute Gasteiger partial charge is 0.693 e. The van der Waals surface area contributed by atoms with Crippen molar-refractivity contribution in [3.8, 4) is 0 Å². The van der Waals surface area contributed by atoms with Gasteiger partial charge in [0.1, 0.15) is 0 Å². The van der Waals surface area contributed by atoms with Crippen LogP contribution in [0.1, 0.15) is 12.8 Å². The topological polar surface area (TPSA) is 168 Å². The second-order valence-corrected chi connectivity index (χ2v) is 4.80. The number of halogens is 2. The molecule has 1 rings (SSSR count). The second kappa shape index (κ2) is 19.3. The summed E-state index contributed by atoms with van der Waals surface area (Å²) < 4.78 is 0. The van der Waals surface area contributed by atoms with Crippen LogP contribution < -0.4 is 0 Å². The van der Waals surface area contributed by atoms with Crippen LogP contribution in [0.15, 0.2) is 5.34 Å². The van der Waals surface area contributed by atoms with Crippen LogP contribution in [-0.2, 0) is 26.1 Å². The van der Waals surface area contributed by atoms with Crippen molar-refractivity contribution in [1.82, 2.24) is 0 Å². The number of nitrogens with zero attached hydrogens (tertiary/aromatic N) is 2. The number of nitrogens with two attached hydrogens (primary N) is 2. The summed E-state index contributed by atoms with van der Waals surface area (Å²) in [6.07, 6.45) is 0.637. The van der Waals surface area contributed by atoms with Crippen LogP contribution in [0.3, 0.4) is 0 Å². The predicted molar refractivity (Wildman–Crippen MR) is 54.0 cm³/mol. The molecule has 1 fully saturated rings. The maximum absolute atomic E-state index is 10.1. The molecule has 0 radical (unpaired) electrons. The molecule has 1 aliphatic heterocycles. The van der Waals surface area contributed by atoms with Gasteiger partial charge < -0.3 is 37.3 Å². The van der Waals surface area contributed by atoms with Crippen molar-refractivity contribution in [3.05, 3.63) is 27.7 Å². The second-order valence-electron chi connectivity index (χ2n) is 1.52. The summed E-state index contributed by atoms with van der Waals surface area (Å²) in [5.74, 6) is -0.546. The average molecular weight is 442 g/mol. The molecule has 2 amide bonds. The molecular weight excluding hydrogens is 434 g/mol. The van der Waals surface area contributed by atoms with Crippen LogP contribution in [0.25, 0.3) is 17.6 Å². The zero-order valence-corrected chi connectivity index (χ0v) is 11.0. The van der Waals surface area contributed by atoms with E-state index in [1.165, 1.54) is 0 Å². The molecule has 1 saturated heterocycles. The molecule has 0 aliphatic carbocycles.